The minimum absolute atomic E-state index is 0.183. The van der Waals surface area contributed by atoms with Crippen molar-refractivity contribution in [3.63, 3.8) is 0 Å². The molecule has 6 nitrogen and oxygen atoms in total. The van der Waals surface area contributed by atoms with Gasteiger partial charge in [-0.25, -0.2) is 4.79 Å². The van der Waals surface area contributed by atoms with Crippen LogP contribution in [-0.2, 0) is 19.1 Å². The first-order chi connectivity index (χ1) is 7.47. The monoisotopic (exact) mass is 226 g/mol. The highest BCUT2D eigenvalue weighted by molar-refractivity contribution is 6.03. The summed E-state index contributed by atoms with van der Waals surface area (Å²) in [6, 6.07) is 0. The average Bonchev–Trinajstić information content (AvgIpc) is 2.41. The van der Waals surface area contributed by atoms with Gasteiger partial charge >= 0.3 is 5.97 Å². The van der Waals surface area contributed by atoms with Crippen molar-refractivity contribution in [1.29, 1.82) is 0 Å². The van der Waals surface area contributed by atoms with Gasteiger partial charge in [-0.15, -0.1) is 0 Å². The smallest absolute Gasteiger partial charge is 0.336 e. The molecular formula is C10H14N2O4. The number of amides is 2. The van der Waals surface area contributed by atoms with Crippen LogP contribution in [0.5, 0.6) is 0 Å². The van der Waals surface area contributed by atoms with Crippen LogP contribution in [0.25, 0.3) is 0 Å². The molecule has 88 valence electrons. The van der Waals surface area contributed by atoms with Crippen molar-refractivity contribution in [1.82, 2.24) is 5.32 Å². The van der Waals surface area contributed by atoms with Gasteiger partial charge in [0.05, 0.1) is 18.1 Å². The van der Waals surface area contributed by atoms with Crippen LogP contribution in [0.2, 0.25) is 0 Å². The zero-order chi connectivity index (χ0) is 12.3. The summed E-state index contributed by atoms with van der Waals surface area (Å²) in [5.41, 5.74) is 5.65. The van der Waals surface area contributed by atoms with Gasteiger partial charge in [-0.2, -0.15) is 0 Å². The summed E-state index contributed by atoms with van der Waals surface area (Å²) in [5, 5.41) is 2.49. The van der Waals surface area contributed by atoms with E-state index in [1.807, 2.05) is 0 Å². The molecule has 0 fully saturated rings. The number of carbonyl (C=O) groups excluding carboxylic acids is 3. The number of esters is 1. The van der Waals surface area contributed by atoms with Crippen LogP contribution in [0.15, 0.2) is 11.3 Å². The van der Waals surface area contributed by atoms with E-state index < -0.39 is 17.8 Å². The number of primary amides is 1. The van der Waals surface area contributed by atoms with E-state index in [9.17, 15) is 14.4 Å². The highest BCUT2D eigenvalue weighted by atomic mass is 16.5. The van der Waals surface area contributed by atoms with Crippen molar-refractivity contribution in [3.8, 4) is 0 Å². The molecule has 0 aromatic rings. The van der Waals surface area contributed by atoms with Crippen LogP contribution < -0.4 is 11.1 Å². The van der Waals surface area contributed by atoms with Crippen LogP contribution >= 0.6 is 0 Å². The fourth-order valence-corrected chi connectivity index (χ4v) is 1.63. The second kappa shape index (κ2) is 4.78. The van der Waals surface area contributed by atoms with Crippen molar-refractivity contribution in [2.75, 3.05) is 6.61 Å². The number of hydrogen-bond acceptors (Lipinski definition) is 4. The molecule has 1 aliphatic rings. The van der Waals surface area contributed by atoms with Crippen molar-refractivity contribution in [3.05, 3.63) is 11.3 Å². The number of hydrogen-bond donors (Lipinski definition) is 2. The molecule has 0 aromatic heterocycles. The van der Waals surface area contributed by atoms with Crippen molar-refractivity contribution < 1.29 is 19.1 Å². The van der Waals surface area contributed by atoms with Gasteiger partial charge in [0.15, 0.2) is 0 Å². The summed E-state index contributed by atoms with van der Waals surface area (Å²) in [5.74, 6) is -2.42. The molecule has 0 saturated heterocycles. The van der Waals surface area contributed by atoms with Crippen LogP contribution in [0.3, 0.4) is 0 Å². The van der Waals surface area contributed by atoms with Gasteiger partial charge in [-0.1, -0.05) is 0 Å². The Hall–Kier alpha value is -1.85. The Kier molecular flexibility index (Phi) is 3.65. The van der Waals surface area contributed by atoms with Gasteiger partial charge in [0, 0.05) is 12.1 Å². The number of allylic oxidation sites excluding steroid dienone is 1. The van der Waals surface area contributed by atoms with E-state index in [-0.39, 0.29) is 24.5 Å². The zero-order valence-electron chi connectivity index (χ0n) is 9.20. The number of carbonyl (C=O) groups is 3. The SMILES string of the molecule is CCOC(=O)C1=C(C)NC(=O)C1CC(N)=O. The largest absolute Gasteiger partial charge is 0.463 e. The summed E-state index contributed by atoms with van der Waals surface area (Å²) < 4.78 is 4.82. The lowest BCUT2D eigenvalue weighted by molar-refractivity contribution is -0.140. The van der Waals surface area contributed by atoms with Crippen molar-refractivity contribution >= 4 is 17.8 Å². The lowest BCUT2D eigenvalue weighted by Crippen LogP contribution is -2.27. The molecule has 0 saturated carbocycles. The molecular weight excluding hydrogens is 212 g/mol. The highest BCUT2D eigenvalue weighted by Gasteiger charge is 2.37. The van der Waals surface area contributed by atoms with Gasteiger partial charge in [0.2, 0.25) is 11.8 Å². The minimum Gasteiger partial charge on any atom is -0.463 e. The summed E-state index contributed by atoms with van der Waals surface area (Å²) >= 11 is 0. The molecule has 1 heterocycles. The minimum atomic E-state index is -0.823. The van der Waals surface area contributed by atoms with Gasteiger partial charge in [0.25, 0.3) is 0 Å². The van der Waals surface area contributed by atoms with E-state index in [1.165, 1.54) is 0 Å². The van der Waals surface area contributed by atoms with Gasteiger partial charge in [-0.3, -0.25) is 9.59 Å². The fraction of sp³-hybridized carbons (Fsp3) is 0.500. The Morgan fingerprint density at radius 3 is 2.62 bits per heavy atom. The first kappa shape index (κ1) is 12.2. The number of rotatable bonds is 4. The molecule has 0 bridgehead atoms. The third-order valence-electron chi connectivity index (χ3n) is 2.28. The van der Waals surface area contributed by atoms with Crippen LogP contribution in [0, 0.1) is 5.92 Å². The summed E-state index contributed by atoms with van der Waals surface area (Å²) in [4.78, 5) is 33.8. The van der Waals surface area contributed by atoms with E-state index in [0.29, 0.717) is 5.70 Å². The topological polar surface area (TPSA) is 98.5 Å². The quantitative estimate of drug-likeness (QED) is 0.628. The molecule has 0 aliphatic carbocycles. The number of nitrogens with one attached hydrogen (secondary N) is 1. The fourth-order valence-electron chi connectivity index (χ4n) is 1.63. The molecule has 0 aromatic carbocycles. The molecule has 0 spiro atoms. The van der Waals surface area contributed by atoms with Gasteiger partial charge in [0.1, 0.15) is 0 Å². The number of ether oxygens (including phenoxy) is 1. The summed E-state index contributed by atoms with van der Waals surface area (Å²) in [7, 11) is 0. The van der Waals surface area contributed by atoms with Gasteiger partial charge < -0.3 is 15.8 Å². The Balaban J connectivity index is 2.92. The standard InChI is InChI=1S/C10H14N2O4/c1-3-16-10(15)8-5(2)12-9(14)6(8)4-7(11)13/h6H,3-4H2,1-2H3,(H2,11,13)(H,12,14). The molecule has 1 aliphatic heterocycles. The molecule has 0 radical (unpaired) electrons. The second-order valence-electron chi connectivity index (χ2n) is 3.47. The van der Waals surface area contributed by atoms with Crippen molar-refractivity contribution in [2.24, 2.45) is 11.7 Å². The normalized spacial score (nSPS) is 19.6. The predicted octanol–water partition coefficient (Wildman–Crippen LogP) is -0.555. The Morgan fingerprint density at radius 1 is 1.50 bits per heavy atom. The molecule has 3 N–H and O–H groups in total. The van der Waals surface area contributed by atoms with Gasteiger partial charge in [-0.05, 0) is 13.8 Å². The van der Waals surface area contributed by atoms with E-state index in [1.54, 1.807) is 13.8 Å². The lowest BCUT2D eigenvalue weighted by Gasteiger charge is -2.09. The molecule has 6 heteroatoms. The maximum atomic E-state index is 11.6. The average molecular weight is 226 g/mol. The van der Waals surface area contributed by atoms with E-state index in [0.717, 1.165) is 0 Å². The first-order valence-corrected chi connectivity index (χ1v) is 4.94. The predicted molar refractivity (Wildman–Crippen MR) is 54.8 cm³/mol. The molecule has 16 heavy (non-hydrogen) atoms. The Morgan fingerprint density at radius 2 is 2.12 bits per heavy atom. The van der Waals surface area contributed by atoms with Crippen molar-refractivity contribution in [2.45, 2.75) is 20.3 Å². The molecule has 1 unspecified atom stereocenters. The number of nitrogens with two attached hydrogens (primary N) is 1. The maximum absolute atomic E-state index is 11.6. The second-order valence-corrected chi connectivity index (χ2v) is 3.47. The van der Waals surface area contributed by atoms with E-state index in [4.69, 9.17) is 10.5 Å². The third-order valence-corrected chi connectivity index (χ3v) is 2.28. The summed E-state index contributed by atoms with van der Waals surface area (Å²) in [6.07, 6.45) is -0.183. The first-order valence-electron chi connectivity index (χ1n) is 4.94. The third kappa shape index (κ3) is 2.39. The summed E-state index contributed by atoms with van der Waals surface area (Å²) in [6.45, 7) is 3.47. The van der Waals surface area contributed by atoms with E-state index in [2.05, 4.69) is 5.32 Å². The van der Waals surface area contributed by atoms with Crippen LogP contribution in [0.1, 0.15) is 20.3 Å². The Bertz CT molecular complexity index is 373. The van der Waals surface area contributed by atoms with Crippen LogP contribution in [0.4, 0.5) is 0 Å². The molecule has 1 rings (SSSR count). The lowest BCUT2D eigenvalue weighted by atomic mass is 9.96. The molecule has 2 amide bonds. The highest BCUT2D eigenvalue weighted by Crippen LogP contribution is 2.25. The van der Waals surface area contributed by atoms with E-state index >= 15 is 0 Å². The Labute approximate surface area is 92.8 Å². The molecule has 1 atom stereocenters. The zero-order valence-corrected chi connectivity index (χ0v) is 9.20. The maximum Gasteiger partial charge on any atom is 0.336 e. The van der Waals surface area contributed by atoms with Crippen LogP contribution in [-0.4, -0.2) is 24.4 Å².